The van der Waals surface area contributed by atoms with E-state index >= 15 is 0 Å². The number of anilines is 3. The van der Waals surface area contributed by atoms with E-state index in [1.54, 1.807) is 0 Å². The zero-order valence-electron chi connectivity index (χ0n) is 39.6. The van der Waals surface area contributed by atoms with Gasteiger partial charge in [0.1, 0.15) is 0 Å². The molecule has 0 aliphatic rings. The summed E-state index contributed by atoms with van der Waals surface area (Å²) in [5.41, 5.74) is 20.8. The molecule has 338 valence electrons. The van der Waals surface area contributed by atoms with Crippen LogP contribution in [-0.4, -0.2) is 4.57 Å². The first-order valence-corrected chi connectivity index (χ1v) is 24.8. The Bertz CT molecular complexity index is 4070. The Morgan fingerprint density at radius 2 is 0.750 bits per heavy atom. The van der Waals surface area contributed by atoms with Crippen molar-refractivity contribution in [1.29, 1.82) is 0 Å². The van der Waals surface area contributed by atoms with Crippen molar-refractivity contribution in [2.45, 2.75) is 0 Å². The molecule has 1 heterocycles. The van der Waals surface area contributed by atoms with Gasteiger partial charge >= 0.3 is 0 Å². The van der Waals surface area contributed by atoms with Gasteiger partial charge in [0.25, 0.3) is 0 Å². The van der Waals surface area contributed by atoms with Crippen LogP contribution in [0.3, 0.4) is 0 Å². The third-order valence-corrected chi connectivity index (χ3v) is 14.2. The molecule has 0 fully saturated rings. The van der Waals surface area contributed by atoms with Crippen LogP contribution in [-0.2, 0) is 0 Å². The van der Waals surface area contributed by atoms with E-state index in [0.717, 1.165) is 45.0 Å². The Labute approximate surface area is 420 Å². The molecule has 0 amide bonds. The van der Waals surface area contributed by atoms with Crippen molar-refractivity contribution in [3.05, 3.63) is 291 Å². The van der Waals surface area contributed by atoms with Crippen molar-refractivity contribution in [1.82, 2.24) is 4.57 Å². The van der Waals surface area contributed by atoms with Gasteiger partial charge in [0.15, 0.2) is 0 Å². The predicted molar refractivity (Wildman–Crippen MR) is 306 cm³/mol. The van der Waals surface area contributed by atoms with Gasteiger partial charge in [0.2, 0.25) is 0 Å². The summed E-state index contributed by atoms with van der Waals surface area (Å²) in [6.07, 6.45) is 0. The fourth-order valence-electron chi connectivity index (χ4n) is 10.9. The van der Waals surface area contributed by atoms with Gasteiger partial charge < -0.3 is 9.47 Å². The van der Waals surface area contributed by atoms with E-state index in [2.05, 4.69) is 301 Å². The van der Waals surface area contributed by atoms with Crippen molar-refractivity contribution in [2.24, 2.45) is 0 Å². The molecule has 0 aliphatic carbocycles. The highest BCUT2D eigenvalue weighted by atomic mass is 15.1. The number of fused-ring (bicyclic) bond motifs is 4. The molecular weight excluding hydrogens is 869 g/mol. The molecule has 0 saturated heterocycles. The lowest BCUT2D eigenvalue weighted by Gasteiger charge is -2.29. The number of benzene rings is 12. The summed E-state index contributed by atoms with van der Waals surface area (Å²) in [4.78, 5) is 2.45. The number of hydrogen-bond donors (Lipinski definition) is 0. The summed E-state index contributed by atoms with van der Waals surface area (Å²) in [6.45, 7) is 0. The van der Waals surface area contributed by atoms with Gasteiger partial charge in [0.05, 0.1) is 16.7 Å². The minimum Gasteiger partial charge on any atom is -0.310 e. The second-order valence-corrected chi connectivity index (χ2v) is 18.4. The molecule has 13 aromatic rings. The van der Waals surface area contributed by atoms with Gasteiger partial charge in [0, 0.05) is 33.4 Å². The van der Waals surface area contributed by atoms with Crippen LogP contribution < -0.4 is 4.90 Å². The second kappa shape index (κ2) is 18.4. The van der Waals surface area contributed by atoms with E-state index in [9.17, 15) is 0 Å². The molecule has 0 bridgehead atoms. The van der Waals surface area contributed by atoms with Crippen LogP contribution in [0.15, 0.2) is 291 Å². The summed E-state index contributed by atoms with van der Waals surface area (Å²) in [7, 11) is 0. The summed E-state index contributed by atoms with van der Waals surface area (Å²) < 4.78 is 2.38. The highest BCUT2D eigenvalue weighted by Gasteiger charge is 2.23. The lowest BCUT2D eigenvalue weighted by atomic mass is 9.84. The van der Waals surface area contributed by atoms with E-state index in [0.29, 0.717) is 0 Å². The summed E-state index contributed by atoms with van der Waals surface area (Å²) in [5.74, 6) is 0. The minimum absolute atomic E-state index is 1.06. The smallest absolute Gasteiger partial charge is 0.0541 e. The standard InChI is InChI=1S/C70H48N2/c1-4-21-49(22-5-1)60-32-12-13-35-64(60)70-61(51-23-6-2-7-24-51)37-20-38-65(70)62-33-14-16-39-67(62)71(56-44-41-52(42-45-56)59-36-19-26-50-25-10-11-31-58(50)59)57-30-18-27-53(47-57)54-43-46-69-66(48-54)63-34-15-17-40-68(63)72(69)55-28-8-3-9-29-55/h1-48H. The van der Waals surface area contributed by atoms with Gasteiger partial charge in [-0.2, -0.15) is 0 Å². The summed E-state index contributed by atoms with van der Waals surface area (Å²) >= 11 is 0. The molecule has 0 spiro atoms. The molecule has 0 N–H and O–H groups in total. The van der Waals surface area contributed by atoms with E-state index in [-0.39, 0.29) is 0 Å². The van der Waals surface area contributed by atoms with E-state index in [1.807, 2.05) is 0 Å². The Morgan fingerprint density at radius 1 is 0.250 bits per heavy atom. The molecule has 2 heteroatoms. The quantitative estimate of drug-likeness (QED) is 0.133. The van der Waals surface area contributed by atoms with Crippen molar-refractivity contribution >= 4 is 49.6 Å². The summed E-state index contributed by atoms with van der Waals surface area (Å²) in [6, 6.07) is 106. The molecule has 0 aliphatic heterocycles. The maximum absolute atomic E-state index is 2.45. The zero-order chi connectivity index (χ0) is 47.8. The van der Waals surface area contributed by atoms with Crippen LogP contribution in [0.4, 0.5) is 17.1 Å². The SMILES string of the molecule is c1ccc(-c2ccccc2-c2c(-c3ccccc3)cccc2-c2ccccc2N(c2ccc(-c3cccc4ccccc34)cc2)c2cccc(-c3ccc4c(c3)c3ccccc3n4-c3ccccc3)c2)cc1. The molecule has 13 rings (SSSR count). The highest BCUT2D eigenvalue weighted by molar-refractivity contribution is 6.11. The Balaban J connectivity index is 1.02. The van der Waals surface area contributed by atoms with Crippen LogP contribution in [0.25, 0.3) is 105 Å². The number of aromatic nitrogens is 1. The third-order valence-electron chi connectivity index (χ3n) is 14.2. The maximum atomic E-state index is 2.45. The Hall–Kier alpha value is -9.50. The van der Waals surface area contributed by atoms with Crippen LogP contribution in [0.2, 0.25) is 0 Å². The molecule has 72 heavy (non-hydrogen) atoms. The normalized spacial score (nSPS) is 11.3. The number of hydrogen-bond acceptors (Lipinski definition) is 1. The number of rotatable bonds is 10. The first-order valence-electron chi connectivity index (χ1n) is 24.8. The van der Waals surface area contributed by atoms with Gasteiger partial charge in [-0.05, 0) is 133 Å². The van der Waals surface area contributed by atoms with Gasteiger partial charge in [-0.3, -0.25) is 0 Å². The van der Waals surface area contributed by atoms with E-state index < -0.39 is 0 Å². The lowest BCUT2D eigenvalue weighted by Crippen LogP contribution is -2.11. The Kier molecular flexibility index (Phi) is 10.9. The van der Waals surface area contributed by atoms with Gasteiger partial charge in [-0.15, -0.1) is 0 Å². The molecule has 1 aromatic heterocycles. The molecule has 0 atom stereocenters. The van der Waals surface area contributed by atoms with Crippen LogP contribution >= 0.6 is 0 Å². The largest absolute Gasteiger partial charge is 0.310 e. The van der Waals surface area contributed by atoms with Gasteiger partial charge in [-0.1, -0.05) is 231 Å². The molecule has 0 saturated carbocycles. The average Bonchev–Trinajstić information content (AvgIpc) is 3.80. The van der Waals surface area contributed by atoms with Crippen molar-refractivity contribution in [2.75, 3.05) is 4.90 Å². The predicted octanol–water partition coefficient (Wildman–Crippen LogP) is 19.4. The van der Waals surface area contributed by atoms with E-state index in [4.69, 9.17) is 0 Å². The maximum Gasteiger partial charge on any atom is 0.0541 e. The second-order valence-electron chi connectivity index (χ2n) is 18.4. The lowest BCUT2D eigenvalue weighted by molar-refractivity contribution is 1.18. The number of nitrogens with zero attached hydrogens (tertiary/aromatic N) is 2. The summed E-state index contributed by atoms with van der Waals surface area (Å²) in [5, 5.41) is 4.94. The fraction of sp³-hybridized carbons (Fsp3) is 0. The van der Waals surface area contributed by atoms with Crippen molar-refractivity contribution < 1.29 is 0 Å². The average molecular weight is 917 g/mol. The monoisotopic (exact) mass is 916 g/mol. The molecule has 0 unspecified atom stereocenters. The minimum atomic E-state index is 1.06. The zero-order valence-corrected chi connectivity index (χ0v) is 39.6. The fourth-order valence-corrected chi connectivity index (χ4v) is 10.9. The molecule has 12 aromatic carbocycles. The van der Waals surface area contributed by atoms with Crippen molar-refractivity contribution in [3.63, 3.8) is 0 Å². The van der Waals surface area contributed by atoms with Crippen LogP contribution in [0.1, 0.15) is 0 Å². The molecular formula is C70H48N2. The Morgan fingerprint density at radius 3 is 1.54 bits per heavy atom. The van der Waals surface area contributed by atoms with Crippen LogP contribution in [0.5, 0.6) is 0 Å². The molecule has 0 radical (unpaired) electrons. The topological polar surface area (TPSA) is 8.17 Å². The third kappa shape index (κ3) is 7.63. The highest BCUT2D eigenvalue weighted by Crippen LogP contribution is 2.49. The molecule has 2 nitrogen and oxygen atoms in total. The van der Waals surface area contributed by atoms with Gasteiger partial charge in [-0.25, -0.2) is 0 Å². The first kappa shape index (κ1) is 42.6. The number of para-hydroxylation sites is 3. The van der Waals surface area contributed by atoms with E-state index in [1.165, 1.54) is 77.1 Å². The first-order chi connectivity index (χ1) is 35.7. The van der Waals surface area contributed by atoms with Crippen molar-refractivity contribution in [3.8, 4) is 72.4 Å². The van der Waals surface area contributed by atoms with Crippen LogP contribution in [0, 0.1) is 0 Å².